The van der Waals surface area contributed by atoms with Crippen molar-refractivity contribution in [3.05, 3.63) is 233 Å². The quantitative estimate of drug-likeness (QED) is 0.164. The van der Waals surface area contributed by atoms with Crippen molar-refractivity contribution in [3.63, 3.8) is 0 Å². The molecule has 2 aliphatic carbocycles. The Kier molecular flexibility index (Phi) is 8.03. The van der Waals surface area contributed by atoms with E-state index in [0.29, 0.717) is 0 Å². The van der Waals surface area contributed by atoms with Crippen LogP contribution in [0.3, 0.4) is 0 Å². The third kappa shape index (κ3) is 5.29. The maximum Gasteiger partial charge on any atom is 0.0714 e. The molecule has 8 aromatic rings. The minimum atomic E-state index is -0.506. The number of nitrogens with zero attached hydrogens (tertiary/aromatic N) is 1. The van der Waals surface area contributed by atoms with E-state index in [1.807, 2.05) is 0 Å². The number of benzene rings is 8. The van der Waals surface area contributed by atoms with Crippen LogP contribution in [0.1, 0.15) is 73.6 Å². The summed E-state index contributed by atoms with van der Waals surface area (Å²) in [7, 11) is 0. The Morgan fingerprint density at radius 2 is 0.930 bits per heavy atom. The second-order valence-corrected chi connectivity index (χ2v) is 17.3. The van der Waals surface area contributed by atoms with Gasteiger partial charge < -0.3 is 4.90 Å². The van der Waals surface area contributed by atoms with E-state index in [4.69, 9.17) is 0 Å². The Morgan fingerprint density at radius 1 is 0.404 bits per heavy atom. The van der Waals surface area contributed by atoms with Gasteiger partial charge in [-0.1, -0.05) is 198 Å². The molecule has 0 spiro atoms. The monoisotopic (exact) mass is 733 g/mol. The summed E-state index contributed by atoms with van der Waals surface area (Å²) < 4.78 is 0. The van der Waals surface area contributed by atoms with Gasteiger partial charge in [0.2, 0.25) is 0 Å². The zero-order chi connectivity index (χ0) is 38.9. The van der Waals surface area contributed by atoms with E-state index in [1.54, 1.807) is 0 Å². The minimum absolute atomic E-state index is 0.152. The van der Waals surface area contributed by atoms with Crippen LogP contribution in [0.25, 0.3) is 33.4 Å². The highest BCUT2D eigenvalue weighted by Gasteiger charge is 2.46. The van der Waals surface area contributed by atoms with Crippen molar-refractivity contribution < 1.29 is 0 Å². The Bertz CT molecular complexity index is 2760. The molecule has 0 fully saturated rings. The van der Waals surface area contributed by atoms with Gasteiger partial charge in [0.05, 0.1) is 11.1 Å². The van der Waals surface area contributed by atoms with Crippen LogP contribution in [-0.4, -0.2) is 0 Å². The fourth-order valence-electron chi connectivity index (χ4n) is 10.1. The van der Waals surface area contributed by atoms with Gasteiger partial charge in [-0.15, -0.1) is 0 Å². The molecule has 2 aliphatic rings. The van der Waals surface area contributed by atoms with Gasteiger partial charge in [-0.25, -0.2) is 0 Å². The molecule has 0 unspecified atom stereocenters. The fourth-order valence-corrected chi connectivity index (χ4v) is 10.1. The molecule has 276 valence electrons. The summed E-state index contributed by atoms with van der Waals surface area (Å²) >= 11 is 0. The van der Waals surface area contributed by atoms with Crippen LogP contribution in [0.15, 0.2) is 194 Å². The van der Waals surface area contributed by atoms with E-state index in [1.165, 1.54) is 83.7 Å². The van der Waals surface area contributed by atoms with Gasteiger partial charge in [0.25, 0.3) is 0 Å². The third-order valence-corrected chi connectivity index (χ3v) is 12.6. The van der Waals surface area contributed by atoms with Crippen molar-refractivity contribution in [2.75, 3.05) is 4.90 Å². The molecule has 1 nitrogen and oxygen atoms in total. The summed E-state index contributed by atoms with van der Waals surface area (Å²) in [4.78, 5) is 2.58. The Morgan fingerprint density at radius 3 is 1.58 bits per heavy atom. The molecule has 8 aromatic carbocycles. The van der Waals surface area contributed by atoms with Crippen LogP contribution in [0.4, 0.5) is 17.1 Å². The molecule has 1 heteroatoms. The van der Waals surface area contributed by atoms with Crippen LogP contribution >= 0.6 is 0 Å². The van der Waals surface area contributed by atoms with Gasteiger partial charge in [0.1, 0.15) is 0 Å². The topological polar surface area (TPSA) is 3.24 Å². The maximum atomic E-state index is 2.58. The van der Waals surface area contributed by atoms with Gasteiger partial charge >= 0.3 is 0 Å². The Hall–Kier alpha value is -6.44. The summed E-state index contributed by atoms with van der Waals surface area (Å²) in [6.07, 6.45) is 0. The van der Waals surface area contributed by atoms with Crippen molar-refractivity contribution in [3.8, 4) is 33.4 Å². The predicted molar refractivity (Wildman–Crippen MR) is 240 cm³/mol. The first-order valence-corrected chi connectivity index (χ1v) is 20.3. The molecule has 0 heterocycles. The first-order chi connectivity index (χ1) is 27.7. The van der Waals surface area contributed by atoms with Crippen molar-refractivity contribution in [2.24, 2.45) is 0 Å². The van der Waals surface area contributed by atoms with Gasteiger partial charge in [0.15, 0.2) is 0 Å². The van der Waals surface area contributed by atoms with Crippen molar-refractivity contribution in [1.29, 1.82) is 0 Å². The van der Waals surface area contributed by atoms with Crippen LogP contribution in [0.2, 0.25) is 0 Å². The molecule has 10 rings (SSSR count). The summed E-state index contributed by atoms with van der Waals surface area (Å²) in [6, 6.07) is 72.4. The zero-order valence-electron chi connectivity index (χ0n) is 33.4. The molecule has 0 bridgehead atoms. The van der Waals surface area contributed by atoms with Crippen molar-refractivity contribution >= 4 is 17.1 Å². The summed E-state index contributed by atoms with van der Waals surface area (Å²) in [5.74, 6) is 0. The van der Waals surface area contributed by atoms with E-state index >= 15 is 0 Å². The molecule has 0 aromatic heterocycles. The van der Waals surface area contributed by atoms with Gasteiger partial charge in [0, 0.05) is 16.8 Å². The fraction of sp³-hybridized carbons (Fsp3) is 0.143. The highest BCUT2D eigenvalue weighted by Crippen LogP contribution is 2.58. The van der Waals surface area contributed by atoms with Crippen LogP contribution < -0.4 is 4.90 Å². The van der Waals surface area contributed by atoms with Crippen LogP contribution in [-0.2, 0) is 16.2 Å². The third-order valence-electron chi connectivity index (χ3n) is 12.6. The van der Waals surface area contributed by atoms with Crippen LogP contribution in [0.5, 0.6) is 0 Å². The molecule has 0 N–H and O–H groups in total. The second-order valence-electron chi connectivity index (χ2n) is 17.3. The van der Waals surface area contributed by atoms with Gasteiger partial charge in [-0.05, 0) is 108 Å². The smallest absolute Gasteiger partial charge is 0.0714 e. The lowest BCUT2D eigenvalue weighted by atomic mass is 9.67. The first-order valence-electron chi connectivity index (χ1n) is 20.3. The SMILES string of the molecule is CC(C)(C)c1cc(-c2ccccc2)ccc1N(c1cccc(C2(c3ccccc3)c3ccccc3-c3ccccc32)c1)c1cccc2c1C(C)(C)c1ccccc1-2. The lowest BCUT2D eigenvalue weighted by Gasteiger charge is -2.37. The molecule has 57 heavy (non-hydrogen) atoms. The number of hydrogen-bond donors (Lipinski definition) is 0. The highest BCUT2D eigenvalue weighted by molar-refractivity contribution is 5.93. The average molecular weight is 734 g/mol. The normalized spacial score (nSPS) is 14.3. The average Bonchev–Trinajstić information content (AvgIpc) is 3.68. The van der Waals surface area contributed by atoms with Gasteiger partial charge in [-0.2, -0.15) is 0 Å². The molecule has 0 saturated carbocycles. The predicted octanol–water partition coefficient (Wildman–Crippen LogP) is 14.8. The Balaban J connectivity index is 1.28. The van der Waals surface area contributed by atoms with E-state index in [9.17, 15) is 0 Å². The van der Waals surface area contributed by atoms with E-state index < -0.39 is 5.41 Å². The second kappa shape index (κ2) is 13.1. The molecule has 0 saturated heterocycles. The van der Waals surface area contributed by atoms with Crippen molar-refractivity contribution in [2.45, 2.75) is 50.9 Å². The molecule has 0 aliphatic heterocycles. The number of fused-ring (bicyclic) bond motifs is 6. The number of anilines is 3. The lowest BCUT2D eigenvalue weighted by molar-refractivity contribution is 0.591. The maximum absolute atomic E-state index is 2.58. The Labute approximate surface area is 337 Å². The minimum Gasteiger partial charge on any atom is -0.310 e. The number of rotatable bonds is 6. The van der Waals surface area contributed by atoms with Gasteiger partial charge in [-0.3, -0.25) is 0 Å². The summed E-state index contributed by atoms with van der Waals surface area (Å²) in [5, 5.41) is 0. The molecule has 0 radical (unpaired) electrons. The van der Waals surface area contributed by atoms with E-state index in [2.05, 4.69) is 234 Å². The highest BCUT2D eigenvalue weighted by atomic mass is 15.1. The molecular weight excluding hydrogens is 687 g/mol. The standard InChI is InChI=1S/C56H47N/c1-54(2,3)50-36-39(38-20-8-6-9-21-38)34-35-51(50)57(52-33-19-29-46-45-28-12-15-30-47(45)55(4,5)53(46)52)42-25-18-24-41(37-42)56(40-22-10-7-11-23-40)48-31-16-13-26-43(48)44-27-14-17-32-49(44)56/h6-37H,1-5H3. The zero-order valence-corrected chi connectivity index (χ0v) is 33.4. The van der Waals surface area contributed by atoms with E-state index in [-0.39, 0.29) is 10.8 Å². The first kappa shape index (κ1) is 35.0. The summed E-state index contributed by atoms with van der Waals surface area (Å²) in [6.45, 7) is 11.8. The summed E-state index contributed by atoms with van der Waals surface area (Å²) in [5.41, 5.74) is 19.6. The molecule has 0 atom stereocenters. The molecule has 0 amide bonds. The largest absolute Gasteiger partial charge is 0.310 e. The van der Waals surface area contributed by atoms with Crippen LogP contribution in [0, 0.1) is 0 Å². The molecular formula is C56H47N. The number of hydrogen-bond acceptors (Lipinski definition) is 1. The van der Waals surface area contributed by atoms with E-state index in [0.717, 1.165) is 5.69 Å². The van der Waals surface area contributed by atoms with Crippen molar-refractivity contribution in [1.82, 2.24) is 0 Å². The lowest BCUT2D eigenvalue weighted by Crippen LogP contribution is -2.29.